The maximum atomic E-state index is 5.87. The van der Waals surface area contributed by atoms with Crippen molar-refractivity contribution < 1.29 is 9.47 Å². The molecule has 2 aromatic carbocycles. The van der Waals surface area contributed by atoms with Gasteiger partial charge in [0.2, 0.25) is 0 Å². The highest BCUT2D eigenvalue weighted by Crippen LogP contribution is 2.28. The number of rotatable bonds is 8. The Balaban J connectivity index is 2.36. The predicted molar refractivity (Wildman–Crippen MR) is 97.2 cm³/mol. The summed E-state index contributed by atoms with van der Waals surface area (Å²) in [5.41, 5.74) is 4.94. The van der Waals surface area contributed by atoms with Gasteiger partial charge in [-0.25, -0.2) is 0 Å². The summed E-state index contributed by atoms with van der Waals surface area (Å²) < 4.78 is 11.1. The van der Waals surface area contributed by atoms with E-state index in [0.717, 1.165) is 37.2 Å². The zero-order valence-corrected chi connectivity index (χ0v) is 15.0. The van der Waals surface area contributed by atoms with E-state index in [1.807, 2.05) is 6.07 Å². The molecule has 2 nitrogen and oxygen atoms in total. The number of ether oxygens (including phenoxy) is 2. The normalized spacial score (nSPS) is 10.6. The third-order valence-corrected chi connectivity index (χ3v) is 4.18. The van der Waals surface area contributed by atoms with Crippen LogP contribution in [-0.2, 0) is 19.3 Å². The van der Waals surface area contributed by atoms with Gasteiger partial charge in [-0.2, -0.15) is 0 Å². The van der Waals surface area contributed by atoms with Gasteiger partial charge in [0.05, 0.1) is 14.2 Å². The van der Waals surface area contributed by atoms with Gasteiger partial charge in [-0.15, -0.1) is 11.6 Å². The Morgan fingerprint density at radius 2 is 1.35 bits per heavy atom. The molecule has 0 amide bonds. The fraction of sp³-hybridized carbons (Fsp3) is 0.400. The van der Waals surface area contributed by atoms with Crippen LogP contribution in [0.1, 0.15) is 35.6 Å². The van der Waals surface area contributed by atoms with Crippen molar-refractivity contribution in [2.75, 3.05) is 20.1 Å². The summed E-state index contributed by atoms with van der Waals surface area (Å²) in [6, 6.07) is 12.8. The lowest BCUT2D eigenvalue weighted by Gasteiger charge is -2.14. The van der Waals surface area contributed by atoms with Gasteiger partial charge in [0.25, 0.3) is 0 Å². The molecular formula is C20H25ClO2. The van der Waals surface area contributed by atoms with Gasteiger partial charge in [0.15, 0.2) is 0 Å². The summed E-state index contributed by atoms with van der Waals surface area (Å²) in [6.45, 7) is 2.20. The minimum Gasteiger partial charge on any atom is -0.496 e. The second-order valence-electron chi connectivity index (χ2n) is 5.66. The van der Waals surface area contributed by atoms with Gasteiger partial charge in [-0.3, -0.25) is 0 Å². The second-order valence-corrected chi connectivity index (χ2v) is 6.04. The Kier molecular flexibility index (Phi) is 6.79. The molecule has 0 heterocycles. The standard InChI is InChI=1S/C20H25ClO2/c1-4-5-15-6-8-19(22-2)17(12-15)14-18-13-16(10-11-21)7-9-20(18)23-3/h6-9,12-13H,4-5,10-11,14H2,1-3H3. The molecule has 0 aliphatic carbocycles. The number of aryl methyl sites for hydroxylation is 2. The average Bonchev–Trinajstić information content (AvgIpc) is 2.56. The quantitative estimate of drug-likeness (QED) is 0.631. The smallest absolute Gasteiger partial charge is 0.122 e. The molecule has 0 aliphatic rings. The van der Waals surface area contributed by atoms with Crippen molar-refractivity contribution in [2.45, 2.75) is 32.6 Å². The van der Waals surface area contributed by atoms with E-state index in [1.165, 1.54) is 22.3 Å². The molecule has 23 heavy (non-hydrogen) atoms. The summed E-state index contributed by atoms with van der Waals surface area (Å²) in [6.07, 6.45) is 3.88. The van der Waals surface area contributed by atoms with Crippen LogP contribution in [0.4, 0.5) is 0 Å². The minimum absolute atomic E-state index is 0.626. The summed E-state index contributed by atoms with van der Waals surface area (Å²) in [5.74, 6) is 2.46. The molecule has 0 saturated heterocycles. The highest BCUT2D eigenvalue weighted by atomic mass is 35.5. The maximum Gasteiger partial charge on any atom is 0.122 e. The van der Waals surface area contributed by atoms with E-state index < -0.39 is 0 Å². The molecule has 0 radical (unpaired) electrons. The number of benzene rings is 2. The molecule has 0 fully saturated rings. The van der Waals surface area contributed by atoms with Crippen molar-refractivity contribution in [3.05, 3.63) is 58.7 Å². The number of alkyl halides is 1. The Labute approximate surface area is 144 Å². The SMILES string of the molecule is CCCc1ccc(OC)c(Cc2cc(CCCl)ccc2OC)c1. The number of hydrogen-bond acceptors (Lipinski definition) is 2. The average molecular weight is 333 g/mol. The number of halogens is 1. The van der Waals surface area contributed by atoms with Gasteiger partial charge < -0.3 is 9.47 Å². The van der Waals surface area contributed by atoms with E-state index >= 15 is 0 Å². The predicted octanol–water partition coefficient (Wildman–Crippen LogP) is 5.03. The maximum absolute atomic E-state index is 5.87. The van der Waals surface area contributed by atoms with Crippen LogP contribution in [0.2, 0.25) is 0 Å². The zero-order chi connectivity index (χ0) is 16.7. The van der Waals surface area contributed by atoms with Crippen molar-refractivity contribution in [1.29, 1.82) is 0 Å². The molecule has 0 unspecified atom stereocenters. The first kappa shape index (κ1) is 17.7. The zero-order valence-electron chi connectivity index (χ0n) is 14.2. The van der Waals surface area contributed by atoms with Crippen LogP contribution >= 0.6 is 11.6 Å². The molecule has 0 atom stereocenters. The molecule has 0 aliphatic heterocycles. The highest BCUT2D eigenvalue weighted by Gasteiger charge is 2.10. The van der Waals surface area contributed by atoms with Crippen molar-refractivity contribution in [3.8, 4) is 11.5 Å². The van der Waals surface area contributed by atoms with Gasteiger partial charge in [-0.05, 0) is 47.2 Å². The number of methoxy groups -OCH3 is 2. The molecular weight excluding hydrogens is 308 g/mol. The fourth-order valence-electron chi connectivity index (χ4n) is 2.85. The summed E-state index contributed by atoms with van der Waals surface area (Å²) in [7, 11) is 3.43. The molecule has 0 saturated carbocycles. The van der Waals surface area contributed by atoms with Crippen LogP contribution in [-0.4, -0.2) is 20.1 Å². The molecule has 0 bridgehead atoms. The molecule has 3 heteroatoms. The molecule has 0 spiro atoms. The van der Waals surface area contributed by atoms with E-state index in [1.54, 1.807) is 14.2 Å². The van der Waals surface area contributed by atoms with Crippen molar-refractivity contribution in [1.82, 2.24) is 0 Å². The van der Waals surface area contributed by atoms with Crippen LogP contribution in [0.5, 0.6) is 11.5 Å². The fourth-order valence-corrected chi connectivity index (χ4v) is 3.07. The molecule has 2 rings (SSSR count). The molecule has 0 N–H and O–H groups in total. The lowest BCUT2D eigenvalue weighted by Crippen LogP contribution is -2.00. The van der Waals surface area contributed by atoms with Crippen LogP contribution in [0, 0.1) is 0 Å². The third kappa shape index (κ3) is 4.65. The molecule has 124 valence electrons. The van der Waals surface area contributed by atoms with Crippen molar-refractivity contribution in [2.24, 2.45) is 0 Å². The Morgan fingerprint density at radius 3 is 1.78 bits per heavy atom. The van der Waals surface area contributed by atoms with Crippen LogP contribution in [0.15, 0.2) is 36.4 Å². The first-order valence-electron chi connectivity index (χ1n) is 8.09. The van der Waals surface area contributed by atoms with Gasteiger partial charge in [-0.1, -0.05) is 37.6 Å². The first-order chi connectivity index (χ1) is 11.2. The second kappa shape index (κ2) is 8.83. The van der Waals surface area contributed by atoms with Crippen molar-refractivity contribution in [3.63, 3.8) is 0 Å². The summed E-state index contributed by atoms with van der Waals surface area (Å²) >= 11 is 5.87. The lowest BCUT2D eigenvalue weighted by atomic mass is 9.97. The van der Waals surface area contributed by atoms with Crippen molar-refractivity contribution >= 4 is 11.6 Å². The van der Waals surface area contributed by atoms with E-state index in [2.05, 4.69) is 37.3 Å². The van der Waals surface area contributed by atoms with E-state index in [-0.39, 0.29) is 0 Å². The largest absolute Gasteiger partial charge is 0.496 e. The monoisotopic (exact) mass is 332 g/mol. The van der Waals surface area contributed by atoms with Gasteiger partial charge in [0.1, 0.15) is 11.5 Å². The summed E-state index contributed by atoms with van der Waals surface area (Å²) in [5, 5.41) is 0. The van der Waals surface area contributed by atoms with E-state index in [9.17, 15) is 0 Å². The van der Waals surface area contributed by atoms with Crippen LogP contribution in [0.3, 0.4) is 0 Å². The Hall–Kier alpha value is -1.67. The van der Waals surface area contributed by atoms with Gasteiger partial charge >= 0.3 is 0 Å². The molecule has 2 aromatic rings. The minimum atomic E-state index is 0.626. The van der Waals surface area contributed by atoms with Crippen LogP contribution < -0.4 is 9.47 Å². The van der Waals surface area contributed by atoms with Gasteiger partial charge in [0, 0.05) is 12.3 Å². The Morgan fingerprint density at radius 1 is 0.826 bits per heavy atom. The van der Waals surface area contributed by atoms with E-state index in [4.69, 9.17) is 21.1 Å². The number of hydrogen-bond donors (Lipinski definition) is 0. The van der Waals surface area contributed by atoms with E-state index in [0.29, 0.717) is 5.88 Å². The Bertz CT molecular complexity index is 582. The lowest BCUT2D eigenvalue weighted by molar-refractivity contribution is 0.405. The summed E-state index contributed by atoms with van der Waals surface area (Å²) in [4.78, 5) is 0. The third-order valence-electron chi connectivity index (χ3n) is 3.99. The first-order valence-corrected chi connectivity index (χ1v) is 8.62. The van der Waals surface area contributed by atoms with Crippen LogP contribution in [0.25, 0.3) is 0 Å². The molecule has 0 aromatic heterocycles. The topological polar surface area (TPSA) is 18.5 Å². The highest BCUT2D eigenvalue weighted by molar-refractivity contribution is 6.17.